The van der Waals surface area contributed by atoms with E-state index in [2.05, 4.69) is 46.3 Å². The Labute approximate surface area is 223 Å². The molecule has 1 aromatic heterocycles. The molecule has 1 aliphatic carbocycles. The Morgan fingerprint density at radius 3 is 2.55 bits per heavy atom. The number of carbonyl (C=O) groups is 1. The van der Waals surface area contributed by atoms with E-state index in [-0.39, 0.29) is 41.0 Å². The molecule has 3 heterocycles. The van der Waals surface area contributed by atoms with Gasteiger partial charge in [-0.2, -0.15) is 4.98 Å². The summed E-state index contributed by atoms with van der Waals surface area (Å²) in [6.07, 6.45) is 6.23. The lowest BCUT2D eigenvalue weighted by molar-refractivity contribution is 0.0164. The van der Waals surface area contributed by atoms with Crippen molar-refractivity contribution < 1.29 is 13.6 Å². The van der Waals surface area contributed by atoms with Crippen molar-refractivity contribution in [3.63, 3.8) is 0 Å². The fraction of sp³-hybridized carbons (Fsp3) is 0.607. The highest BCUT2D eigenvalue weighted by molar-refractivity contribution is 5.93. The summed E-state index contributed by atoms with van der Waals surface area (Å²) in [6, 6.07) is 3.40. The van der Waals surface area contributed by atoms with E-state index in [1.165, 1.54) is 22.3 Å². The van der Waals surface area contributed by atoms with Gasteiger partial charge in [-0.1, -0.05) is 6.92 Å². The van der Waals surface area contributed by atoms with Gasteiger partial charge in [-0.3, -0.25) is 9.80 Å². The first-order valence-corrected chi connectivity index (χ1v) is 13.6. The predicted molar refractivity (Wildman–Crippen MR) is 146 cm³/mol. The molecule has 1 aromatic carbocycles. The highest BCUT2D eigenvalue weighted by Gasteiger charge is 2.47. The van der Waals surface area contributed by atoms with Crippen LogP contribution < -0.4 is 15.5 Å². The Balaban J connectivity index is 1.40. The van der Waals surface area contributed by atoms with Crippen LogP contribution in [0.4, 0.5) is 36.7 Å². The predicted octanol–water partition coefficient (Wildman–Crippen LogP) is 5.56. The van der Waals surface area contributed by atoms with Crippen LogP contribution >= 0.6 is 0 Å². The number of hydrogen-bond donors (Lipinski definition) is 2. The smallest absolute Gasteiger partial charge is 0.323 e. The molecular weight excluding hydrogens is 488 g/mol. The van der Waals surface area contributed by atoms with E-state index in [0.29, 0.717) is 17.6 Å². The van der Waals surface area contributed by atoms with E-state index >= 15 is 4.39 Å². The minimum absolute atomic E-state index is 0.00871. The van der Waals surface area contributed by atoms with Crippen LogP contribution in [0.25, 0.3) is 0 Å². The van der Waals surface area contributed by atoms with Crippen molar-refractivity contribution in [3.8, 4) is 0 Å². The first-order chi connectivity index (χ1) is 18.0. The standard InChI is InChI=1S/C28H39F2N7O/c1-16-22(14-28(2,3)37-11-7-8-23(16)37)32-25-20(30)15-31-26(34-25)33-21-13-24(36(6)27(38)35(4)5)18(12-19(21)29)17-9-10-17/h12-13,15-17,22-23H,7-11,14H2,1-6H3,(H2,31,32,33,34). The SMILES string of the molecule is CC1C(Nc2nc(Nc3cc(N(C)C(=O)N(C)C)c(C4CC4)cc3F)ncc2F)CC(C)(C)N2CCCC12. The van der Waals surface area contributed by atoms with Gasteiger partial charge in [-0.15, -0.1) is 0 Å². The third-order valence-corrected chi connectivity index (χ3v) is 8.51. The lowest BCUT2D eigenvalue weighted by atomic mass is 9.77. The van der Waals surface area contributed by atoms with Gasteiger partial charge in [0.2, 0.25) is 5.95 Å². The van der Waals surface area contributed by atoms with Crippen molar-refractivity contribution in [1.82, 2.24) is 19.8 Å². The van der Waals surface area contributed by atoms with E-state index in [9.17, 15) is 9.18 Å². The Hall–Kier alpha value is -3.01. The number of urea groups is 1. The van der Waals surface area contributed by atoms with Gasteiger partial charge < -0.3 is 15.5 Å². The molecule has 2 amide bonds. The number of benzene rings is 1. The molecule has 0 bridgehead atoms. The topological polar surface area (TPSA) is 76.6 Å². The molecule has 38 heavy (non-hydrogen) atoms. The lowest BCUT2D eigenvalue weighted by Crippen LogP contribution is -2.59. The maximum absolute atomic E-state index is 15.2. The first-order valence-electron chi connectivity index (χ1n) is 13.6. The van der Waals surface area contributed by atoms with Crippen molar-refractivity contribution in [1.29, 1.82) is 0 Å². The van der Waals surface area contributed by atoms with E-state index < -0.39 is 11.6 Å². The molecular formula is C28H39F2N7O. The van der Waals surface area contributed by atoms with Crippen LogP contribution in [0.15, 0.2) is 18.3 Å². The van der Waals surface area contributed by atoms with Crippen molar-refractivity contribution >= 4 is 29.2 Å². The Morgan fingerprint density at radius 2 is 1.87 bits per heavy atom. The average molecular weight is 528 g/mol. The second-order valence-corrected chi connectivity index (χ2v) is 11.9. The number of fused-ring (bicyclic) bond motifs is 1. The molecule has 3 fully saturated rings. The summed E-state index contributed by atoms with van der Waals surface area (Å²) < 4.78 is 30.1. The van der Waals surface area contributed by atoms with Gasteiger partial charge in [-0.25, -0.2) is 18.6 Å². The third kappa shape index (κ3) is 5.02. The van der Waals surface area contributed by atoms with Crippen molar-refractivity contribution in [2.24, 2.45) is 5.92 Å². The van der Waals surface area contributed by atoms with Gasteiger partial charge in [0.15, 0.2) is 11.6 Å². The molecule has 2 aromatic rings. The maximum atomic E-state index is 15.2. The number of hydrogen-bond acceptors (Lipinski definition) is 6. The van der Waals surface area contributed by atoms with Gasteiger partial charge in [-0.05, 0) is 82.0 Å². The summed E-state index contributed by atoms with van der Waals surface area (Å²) in [5.41, 5.74) is 1.58. The number of halogens is 2. The van der Waals surface area contributed by atoms with Crippen LogP contribution in [0.5, 0.6) is 0 Å². The fourth-order valence-electron chi connectivity index (χ4n) is 6.30. The highest BCUT2D eigenvalue weighted by Crippen LogP contribution is 2.46. The summed E-state index contributed by atoms with van der Waals surface area (Å²) in [6.45, 7) is 7.82. The molecule has 2 N–H and O–H groups in total. The normalized spacial score (nSPS) is 24.6. The van der Waals surface area contributed by atoms with Crippen LogP contribution in [0, 0.1) is 17.6 Å². The van der Waals surface area contributed by atoms with Crippen molar-refractivity contribution in [3.05, 3.63) is 35.5 Å². The van der Waals surface area contributed by atoms with E-state index in [0.717, 1.165) is 44.0 Å². The molecule has 0 spiro atoms. The first kappa shape index (κ1) is 26.6. The lowest BCUT2D eigenvalue weighted by Gasteiger charge is -2.51. The van der Waals surface area contributed by atoms with E-state index in [1.54, 1.807) is 27.2 Å². The Bertz CT molecular complexity index is 1220. The van der Waals surface area contributed by atoms with Crippen LogP contribution in [-0.2, 0) is 0 Å². The molecule has 206 valence electrons. The number of anilines is 4. The Morgan fingerprint density at radius 1 is 1.13 bits per heavy atom. The van der Waals surface area contributed by atoms with Crippen LogP contribution in [0.3, 0.4) is 0 Å². The number of nitrogens with one attached hydrogen (secondary N) is 2. The molecule has 2 saturated heterocycles. The fourth-order valence-corrected chi connectivity index (χ4v) is 6.30. The Kier molecular flexibility index (Phi) is 6.96. The quantitative estimate of drug-likeness (QED) is 0.513. The van der Waals surface area contributed by atoms with Crippen molar-refractivity contribution in [2.75, 3.05) is 43.2 Å². The van der Waals surface area contributed by atoms with E-state index in [4.69, 9.17) is 0 Å². The third-order valence-electron chi connectivity index (χ3n) is 8.51. The largest absolute Gasteiger partial charge is 0.364 e. The number of aromatic nitrogens is 2. The number of piperidine rings is 1. The summed E-state index contributed by atoms with van der Waals surface area (Å²) in [4.78, 5) is 26.7. The molecule has 8 nitrogen and oxygen atoms in total. The molecule has 5 rings (SSSR count). The van der Waals surface area contributed by atoms with Crippen LogP contribution in [0.1, 0.15) is 64.4 Å². The summed E-state index contributed by atoms with van der Waals surface area (Å²) in [7, 11) is 5.04. The van der Waals surface area contributed by atoms with Gasteiger partial charge >= 0.3 is 6.03 Å². The second-order valence-electron chi connectivity index (χ2n) is 11.9. The van der Waals surface area contributed by atoms with Crippen LogP contribution in [-0.4, -0.2) is 71.1 Å². The summed E-state index contributed by atoms with van der Waals surface area (Å²) in [5, 5.41) is 6.28. The number of amides is 2. The molecule has 10 heteroatoms. The minimum atomic E-state index is -0.545. The number of nitrogens with zero attached hydrogens (tertiary/aromatic N) is 5. The van der Waals surface area contributed by atoms with Crippen molar-refractivity contribution in [2.45, 2.75) is 76.4 Å². The number of carbonyl (C=O) groups excluding carboxylic acids is 1. The highest BCUT2D eigenvalue weighted by atomic mass is 19.1. The average Bonchev–Trinajstić information content (AvgIpc) is 3.58. The zero-order valence-electron chi connectivity index (χ0n) is 23.2. The molecule has 3 unspecified atom stereocenters. The van der Waals surface area contributed by atoms with Gasteiger partial charge in [0.05, 0.1) is 17.6 Å². The van der Waals surface area contributed by atoms with E-state index in [1.807, 2.05) is 0 Å². The second kappa shape index (κ2) is 9.94. The summed E-state index contributed by atoms with van der Waals surface area (Å²) >= 11 is 0. The van der Waals surface area contributed by atoms with Gasteiger partial charge in [0, 0.05) is 38.8 Å². The van der Waals surface area contributed by atoms with Gasteiger partial charge in [0.1, 0.15) is 5.82 Å². The van der Waals surface area contributed by atoms with Gasteiger partial charge in [0.25, 0.3) is 0 Å². The molecule has 3 aliphatic rings. The molecule has 0 radical (unpaired) electrons. The number of rotatable bonds is 6. The minimum Gasteiger partial charge on any atom is -0.364 e. The zero-order valence-corrected chi connectivity index (χ0v) is 23.2. The monoisotopic (exact) mass is 527 g/mol. The van der Waals surface area contributed by atoms with Crippen LogP contribution in [0.2, 0.25) is 0 Å². The maximum Gasteiger partial charge on any atom is 0.323 e. The molecule has 1 saturated carbocycles. The molecule has 3 atom stereocenters. The summed E-state index contributed by atoms with van der Waals surface area (Å²) in [5.74, 6) is -0.248. The molecule has 2 aliphatic heterocycles. The zero-order chi connectivity index (χ0) is 27.4.